The summed E-state index contributed by atoms with van der Waals surface area (Å²) < 4.78 is 0. The Balaban J connectivity index is 2.15. The summed E-state index contributed by atoms with van der Waals surface area (Å²) in [5.74, 6) is 0.974. The Hall–Kier alpha value is -1.39. The van der Waals surface area contributed by atoms with Gasteiger partial charge in [-0.15, -0.1) is 0 Å². The van der Waals surface area contributed by atoms with Crippen LogP contribution < -0.4 is 0 Å². The summed E-state index contributed by atoms with van der Waals surface area (Å²) in [6.07, 6.45) is 2.19. The lowest BCUT2D eigenvalue weighted by molar-refractivity contribution is 0.134. The maximum absolute atomic E-state index is 9.22. The van der Waals surface area contributed by atoms with Crippen LogP contribution in [0.2, 0.25) is 0 Å². The number of aromatic nitrogens is 2. The van der Waals surface area contributed by atoms with Gasteiger partial charge in [-0.1, -0.05) is 26.0 Å². The van der Waals surface area contributed by atoms with E-state index in [1.54, 1.807) is 0 Å². The predicted octanol–water partition coefficient (Wildman–Crippen LogP) is 2.55. The van der Waals surface area contributed by atoms with E-state index in [4.69, 9.17) is 0 Å². The summed E-state index contributed by atoms with van der Waals surface area (Å²) in [6, 6.07) is 8.57. The third kappa shape index (κ3) is 3.33. The molecule has 1 aromatic carbocycles. The van der Waals surface area contributed by atoms with Gasteiger partial charge in [0.25, 0.3) is 0 Å². The highest BCUT2D eigenvalue weighted by Crippen LogP contribution is 2.15. The number of benzene rings is 1. The van der Waals surface area contributed by atoms with E-state index in [1.165, 1.54) is 0 Å². The Kier molecular flexibility index (Phi) is 4.93. The number of H-pyrrole nitrogens is 1. The van der Waals surface area contributed by atoms with E-state index in [0.717, 1.165) is 36.2 Å². The van der Waals surface area contributed by atoms with Crippen LogP contribution in [0.4, 0.5) is 0 Å². The van der Waals surface area contributed by atoms with Crippen LogP contribution in [-0.2, 0) is 6.54 Å². The second-order valence-electron chi connectivity index (χ2n) is 4.87. The SMILES string of the molecule is CCC(CC)N(CCO)Cc1nc2ccccc2[nH]1. The number of hydrogen-bond donors (Lipinski definition) is 2. The van der Waals surface area contributed by atoms with Gasteiger partial charge in [-0.2, -0.15) is 0 Å². The molecule has 19 heavy (non-hydrogen) atoms. The van der Waals surface area contributed by atoms with Gasteiger partial charge in [-0.05, 0) is 25.0 Å². The highest BCUT2D eigenvalue weighted by Gasteiger charge is 2.16. The van der Waals surface area contributed by atoms with Crippen LogP contribution in [0.5, 0.6) is 0 Å². The molecule has 0 bridgehead atoms. The maximum atomic E-state index is 9.22. The van der Waals surface area contributed by atoms with Gasteiger partial charge >= 0.3 is 0 Å². The van der Waals surface area contributed by atoms with Gasteiger partial charge in [0, 0.05) is 12.6 Å². The van der Waals surface area contributed by atoms with Crippen molar-refractivity contribution < 1.29 is 5.11 Å². The van der Waals surface area contributed by atoms with E-state index in [1.807, 2.05) is 24.3 Å². The molecule has 0 fully saturated rings. The van der Waals surface area contributed by atoms with E-state index in [9.17, 15) is 5.11 Å². The van der Waals surface area contributed by atoms with Crippen molar-refractivity contribution in [1.29, 1.82) is 0 Å². The Labute approximate surface area is 114 Å². The van der Waals surface area contributed by atoms with E-state index < -0.39 is 0 Å². The van der Waals surface area contributed by atoms with Crippen LogP contribution in [-0.4, -0.2) is 39.2 Å². The summed E-state index contributed by atoms with van der Waals surface area (Å²) >= 11 is 0. The zero-order chi connectivity index (χ0) is 13.7. The lowest BCUT2D eigenvalue weighted by atomic mass is 10.1. The van der Waals surface area contributed by atoms with E-state index >= 15 is 0 Å². The van der Waals surface area contributed by atoms with Crippen molar-refractivity contribution >= 4 is 11.0 Å². The van der Waals surface area contributed by atoms with Crippen molar-refractivity contribution in [2.45, 2.75) is 39.3 Å². The summed E-state index contributed by atoms with van der Waals surface area (Å²) in [5.41, 5.74) is 2.08. The van der Waals surface area contributed by atoms with Gasteiger partial charge < -0.3 is 10.1 Å². The fraction of sp³-hybridized carbons (Fsp3) is 0.533. The highest BCUT2D eigenvalue weighted by atomic mass is 16.3. The average molecular weight is 261 g/mol. The summed E-state index contributed by atoms with van der Waals surface area (Å²) in [6.45, 7) is 6.04. The predicted molar refractivity (Wildman–Crippen MR) is 78.0 cm³/mol. The van der Waals surface area contributed by atoms with Crippen molar-refractivity contribution in [1.82, 2.24) is 14.9 Å². The first kappa shape index (κ1) is 14.0. The van der Waals surface area contributed by atoms with E-state index in [0.29, 0.717) is 12.6 Å². The van der Waals surface area contributed by atoms with Crippen LogP contribution >= 0.6 is 0 Å². The Morgan fingerprint density at radius 2 is 2.00 bits per heavy atom. The molecule has 0 aliphatic carbocycles. The van der Waals surface area contributed by atoms with Crippen LogP contribution in [0.15, 0.2) is 24.3 Å². The van der Waals surface area contributed by atoms with E-state index in [2.05, 4.69) is 28.7 Å². The van der Waals surface area contributed by atoms with Crippen LogP contribution in [0.25, 0.3) is 11.0 Å². The van der Waals surface area contributed by atoms with Crippen molar-refractivity contribution in [2.75, 3.05) is 13.2 Å². The summed E-state index contributed by atoms with van der Waals surface area (Å²) in [4.78, 5) is 10.3. The van der Waals surface area contributed by atoms with Crippen LogP contribution in [0.1, 0.15) is 32.5 Å². The zero-order valence-electron chi connectivity index (χ0n) is 11.8. The van der Waals surface area contributed by atoms with Gasteiger partial charge in [0.1, 0.15) is 5.82 Å². The topological polar surface area (TPSA) is 52.1 Å². The van der Waals surface area contributed by atoms with Crippen molar-refractivity contribution in [2.24, 2.45) is 0 Å². The molecule has 0 amide bonds. The van der Waals surface area contributed by atoms with Crippen LogP contribution in [0, 0.1) is 0 Å². The lowest BCUT2D eigenvalue weighted by Gasteiger charge is -2.28. The fourth-order valence-electron chi connectivity index (χ4n) is 2.60. The molecule has 4 nitrogen and oxygen atoms in total. The van der Waals surface area contributed by atoms with Crippen LogP contribution in [0.3, 0.4) is 0 Å². The zero-order valence-corrected chi connectivity index (χ0v) is 11.8. The third-order valence-electron chi connectivity index (χ3n) is 3.64. The molecule has 4 heteroatoms. The van der Waals surface area contributed by atoms with Gasteiger partial charge in [0.2, 0.25) is 0 Å². The second-order valence-corrected chi connectivity index (χ2v) is 4.87. The third-order valence-corrected chi connectivity index (χ3v) is 3.64. The Morgan fingerprint density at radius 3 is 2.63 bits per heavy atom. The number of aromatic amines is 1. The molecular formula is C15H23N3O. The fourth-order valence-corrected chi connectivity index (χ4v) is 2.60. The Morgan fingerprint density at radius 1 is 1.26 bits per heavy atom. The minimum absolute atomic E-state index is 0.191. The summed E-state index contributed by atoms with van der Waals surface area (Å²) in [5, 5.41) is 9.22. The molecule has 1 aromatic heterocycles. The largest absolute Gasteiger partial charge is 0.395 e. The number of nitrogens with one attached hydrogen (secondary N) is 1. The smallest absolute Gasteiger partial charge is 0.121 e. The van der Waals surface area contributed by atoms with Gasteiger partial charge in [0.05, 0.1) is 24.2 Å². The molecule has 0 aliphatic rings. The molecule has 0 radical (unpaired) electrons. The number of imidazole rings is 1. The van der Waals surface area contributed by atoms with Crippen molar-refractivity contribution in [3.63, 3.8) is 0 Å². The number of aliphatic hydroxyl groups excluding tert-OH is 1. The molecular weight excluding hydrogens is 238 g/mol. The minimum atomic E-state index is 0.191. The van der Waals surface area contributed by atoms with Crippen molar-refractivity contribution in [3.05, 3.63) is 30.1 Å². The average Bonchev–Trinajstić information content (AvgIpc) is 2.82. The first-order valence-corrected chi connectivity index (χ1v) is 7.07. The number of fused-ring (bicyclic) bond motifs is 1. The van der Waals surface area contributed by atoms with Crippen molar-refractivity contribution in [3.8, 4) is 0 Å². The van der Waals surface area contributed by atoms with E-state index in [-0.39, 0.29) is 6.61 Å². The van der Waals surface area contributed by atoms with Gasteiger partial charge in [0.15, 0.2) is 0 Å². The Bertz CT molecular complexity index is 472. The lowest BCUT2D eigenvalue weighted by Crippen LogP contribution is -2.36. The standard InChI is InChI=1S/C15H23N3O/c1-3-12(4-2)18(9-10-19)11-15-16-13-7-5-6-8-14(13)17-15/h5-8,12,19H,3-4,9-11H2,1-2H3,(H,16,17). The molecule has 2 aromatic rings. The minimum Gasteiger partial charge on any atom is -0.395 e. The first-order chi connectivity index (χ1) is 9.28. The number of aliphatic hydroxyl groups is 1. The molecule has 2 rings (SSSR count). The molecule has 0 atom stereocenters. The van der Waals surface area contributed by atoms with Gasteiger partial charge in [-0.25, -0.2) is 4.98 Å². The molecule has 0 spiro atoms. The first-order valence-electron chi connectivity index (χ1n) is 7.07. The highest BCUT2D eigenvalue weighted by molar-refractivity contribution is 5.74. The quantitative estimate of drug-likeness (QED) is 0.805. The summed E-state index contributed by atoms with van der Waals surface area (Å²) in [7, 11) is 0. The number of nitrogens with zero attached hydrogens (tertiary/aromatic N) is 2. The number of rotatable bonds is 7. The molecule has 1 heterocycles. The molecule has 0 unspecified atom stereocenters. The molecule has 0 saturated carbocycles. The second kappa shape index (κ2) is 6.68. The number of hydrogen-bond acceptors (Lipinski definition) is 3. The van der Waals surface area contributed by atoms with Gasteiger partial charge in [-0.3, -0.25) is 4.90 Å². The molecule has 2 N–H and O–H groups in total. The number of para-hydroxylation sites is 2. The molecule has 0 saturated heterocycles. The monoisotopic (exact) mass is 261 g/mol. The normalized spacial score (nSPS) is 11.8. The molecule has 104 valence electrons. The molecule has 0 aliphatic heterocycles. The maximum Gasteiger partial charge on any atom is 0.121 e.